The Morgan fingerprint density at radius 3 is 2.33 bits per heavy atom. The molecule has 0 saturated heterocycles. The van der Waals surface area contributed by atoms with Crippen molar-refractivity contribution in [2.75, 3.05) is 20.3 Å². The molecule has 2 rings (SSSR count). The predicted octanol–water partition coefficient (Wildman–Crippen LogP) is 4.22. The van der Waals surface area contributed by atoms with Crippen LogP contribution in [0.15, 0.2) is 47.5 Å². The van der Waals surface area contributed by atoms with Crippen LogP contribution in [-0.4, -0.2) is 37.5 Å². The van der Waals surface area contributed by atoms with Crippen LogP contribution in [0.4, 0.5) is 13.2 Å². The van der Waals surface area contributed by atoms with Gasteiger partial charge in [-0.05, 0) is 42.8 Å². The average Bonchev–Trinajstić information content (AvgIpc) is 2.69. The second kappa shape index (κ2) is 12.4. The molecule has 0 atom stereocenters. The molecule has 2 aromatic rings. The molecule has 0 aliphatic rings. The first-order valence-corrected chi connectivity index (χ1v) is 8.97. The topological polar surface area (TPSA) is 75.1 Å². The fraction of sp³-hybridized carbons (Fsp3) is 0.350. The summed E-state index contributed by atoms with van der Waals surface area (Å²) in [6, 6.07) is 11.2. The van der Waals surface area contributed by atoms with Gasteiger partial charge >= 0.3 is 6.18 Å². The molecule has 3 N–H and O–H groups in total. The summed E-state index contributed by atoms with van der Waals surface area (Å²) in [6.07, 6.45) is -4.37. The number of ether oxygens (including phenoxy) is 2. The zero-order valence-corrected chi connectivity index (χ0v) is 19.0. The number of nitrogens with zero attached hydrogens (tertiary/aromatic N) is 1. The molecule has 0 unspecified atom stereocenters. The zero-order chi connectivity index (χ0) is 21.3. The Labute approximate surface area is 190 Å². The van der Waals surface area contributed by atoms with Crippen molar-refractivity contribution in [3.8, 4) is 17.2 Å². The molecule has 0 spiro atoms. The quantitative estimate of drug-likeness (QED) is 0.266. The standard InChI is InChI=1S/C20H24F3N3O3.HI/c1-3-24-19(26-12-15-10-17(28-2)8-9-18(15)27)25-11-14-4-6-16(7-5-14)29-13-20(21,22)23;/h4-10,27H,3,11-13H2,1-2H3,(H2,24,25,26);1H. The van der Waals surface area contributed by atoms with Crippen molar-refractivity contribution in [3.05, 3.63) is 53.6 Å². The normalized spacial score (nSPS) is 11.4. The number of benzene rings is 2. The van der Waals surface area contributed by atoms with E-state index < -0.39 is 12.8 Å². The fourth-order valence-electron chi connectivity index (χ4n) is 2.38. The highest BCUT2D eigenvalue weighted by atomic mass is 127. The Bertz CT molecular complexity index is 815. The van der Waals surface area contributed by atoms with E-state index in [9.17, 15) is 18.3 Å². The summed E-state index contributed by atoms with van der Waals surface area (Å²) in [5.74, 6) is 1.46. The van der Waals surface area contributed by atoms with Crippen LogP contribution in [0.5, 0.6) is 17.2 Å². The number of phenolic OH excluding ortho intramolecular Hbond substituents is 1. The first-order chi connectivity index (χ1) is 13.8. The minimum Gasteiger partial charge on any atom is -0.508 e. The highest BCUT2D eigenvalue weighted by Crippen LogP contribution is 2.22. The van der Waals surface area contributed by atoms with Crippen LogP contribution in [0.1, 0.15) is 18.1 Å². The SMILES string of the molecule is CCNC(=NCc1ccc(OCC(F)(F)F)cc1)NCc1cc(OC)ccc1O.I. The van der Waals surface area contributed by atoms with Crippen molar-refractivity contribution >= 4 is 29.9 Å². The van der Waals surface area contributed by atoms with Crippen LogP contribution in [-0.2, 0) is 13.1 Å². The third-order valence-corrected chi connectivity index (χ3v) is 3.82. The van der Waals surface area contributed by atoms with Crippen molar-refractivity contribution in [2.45, 2.75) is 26.2 Å². The molecular weight excluding hydrogens is 514 g/mol. The van der Waals surface area contributed by atoms with Crippen molar-refractivity contribution in [1.82, 2.24) is 10.6 Å². The third-order valence-electron chi connectivity index (χ3n) is 3.82. The van der Waals surface area contributed by atoms with Crippen molar-refractivity contribution in [1.29, 1.82) is 0 Å². The van der Waals surface area contributed by atoms with E-state index in [2.05, 4.69) is 20.4 Å². The maximum absolute atomic E-state index is 12.2. The monoisotopic (exact) mass is 539 g/mol. The van der Waals surface area contributed by atoms with E-state index in [1.807, 2.05) is 6.92 Å². The second-order valence-electron chi connectivity index (χ2n) is 6.09. The largest absolute Gasteiger partial charge is 0.508 e. The number of aliphatic imine (C=N–C) groups is 1. The molecular formula is C20H25F3IN3O3. The molecule has 6 nitrogen and oxygen atoms in total. The molecule has 0 fully saturated rings. The van der Waals surface area contributed by atoms with Crippen LogP contribution >= 0.6 is 24.0 Å². The predicted molar refractivity (Wildman–Crippen MR) is 120 cm³/mol. The molecule has 0 bridgehead atoms. The van der Waals surface area contributed by atoms with Gasteiger partial charge in [-0.1, -0.05) is 12.1 Å². The first-order valence-electron chi connectivity index (χ1n) is 8.97. The Morgan fingerprint density at radius 1 is 1.07 bits per heavy atom. The molecule has 0 saturated carbocycles. The number of alkyl halides is 3. The Hall–Kier alpha value is -2.37. The van der Waals surface area contributed by atoms with Gasteiger partial charge < -0.3 is 25.2 Å². The zero-order valence-electron chi connectivity index (χ0n) is 16.6. The van der Waals surface area contributed by atoms with Gasteiger partial charge in [-0.2, -0.15) is 13.2 Å². The highest BCUT2D eigenvalue weighted by molar-refractivity contribution is 14.0. The number of methoxy groups -OCH3 is 1. The number of hydrogen-bond donors (Lipinski definition) is 3. The maximum Gasteiger partial charge on any atom is 0.422 e. The number of aromatic hydroxyl groups is 1. The van der Waals surface area contributed by atoms with Gasteiger partial charge in [-0.3, -0.25) is 0 Å². The van der Waals surface area contributed by atoms with E-state index in [4.69, 9.17) is 4.74 Å². The summed E-state index contributed by atoms with van der Waals surface area (Å²) in [7, 11) is 1.55. The van der Waals surface area contributed by atoms with Crippen molar-refractivity contribution in [3.63, 3.8) is 0 Å². The molecule has 0 aromatic heterocycles. The molecule has 0 aliphatic carbocycles. The van der Waals surface area contributed by atoms with Gasteiger partial charge in [0.2, 0.25) is 0 Å². The highest BCUT2D eigenvalue weighted by Gasteiger charge is 2.28. The molecule has 2 aromatic carbocycles. The van der Waals surface area contributed by atoms with Gasteiger partial charge in [-0.15, -0.1) is 24.0 Å². The molecule has 10 heteroatoms. The van der Waals surface area contributed by atoms with Crippen molar-refractivity contribution in [2.24, 2.45) is 4.99 Å². The summed E-state index contributed by atoms with van der Waals surface area (Å²) in [6.45, 7) is 1.89. The van der Waals surface area contributed by atoms with Gasteiger partial charge in [0.1, 0.15) is 17.2 Å². The lowest BCUT2D eigenvalue weighted by atomic mass is 10.2. The molecule has 0 radical (unpaired) electrons. The number of phenols is 1. The molecule has 30 heavy (non-hydrogen) atoms. The number of guanidine groups is 1. The van der Waals surface area contributed by atoms with Crippen LogP contribution < -0.4 is 20.1 Å². The lowest BCUT2D eigenvalue weighted by Crippen LogP contribution is -2.36. The fourth-order valence-corrected chi connectivity index (χ4v) is 2.38. The van der Waals surface area contributed by atoms with Crippen molar-refractivity contribution < 1.29 is 27.8 Å². The Balaban J connectivity index is 0.00000450. The van der Waals surface area contributed by atoms with Gasteiger partial charge in [0.05, 0.1) is 13.7 Å². The number of rotatable bonds is 8. The summed E-state index contributed by atoms with van der Waals surface area (Å²) in [5.41, 5.74) is 1.46. The van der Waals surface area contributed by atoms with Gasteiger partial charge in [0, 0.05) is 18.7 Å². The minimum atomic E-state index is -4.37. The van der Waals surface area contributed by atoms with E-state index >= 15 is 0 Å². The number of hydrogen-bond acceptors (Lipinski definition) is 4. The maximum atomic E-state index is 12.2. The van der Waals surface area contributed by atoms with Crippen LogP contribution in [0.3, 0.4) is 0 Å². The lowest BCUT2D eigenvalue weighted by molar-refractivity contribution is -0.153. The molecule has 0 amide bonds. The summed E-state index contributed by atoms with van der Waals surface area (Å²) < 4.78 is 46.4. The molecule has 166 valence electrons. The smallest absolute Gasteiger partial charge is 0.422 e. The Kier molecular flexibility index (Phi) is 10.6. The number of halogens is 4. The molecule has 0 aliphatic heterocycles. The van der Waals surface area contributed by atoms with E-state index in [1.54, 1.807) is 37.4 Å². The van der Waals surface area contributed by atoms with E-state index in [0.29, 0.717) is 36.9 Å². The van der Waals surface area contributed by atoms with Crippen LogP contribution in [0.2, 0.25) is 0 Å². The Morgan fingerprint density at radius 2 is 1.73 bits per heavy atom. The first kappa shape index (κ1) is 25.7. The van der Waals surface area contributed by atoms with Gasteiger partial charge in [0.25, 0.3) is 0 Å². The van der Waals surface area contributed by atoms with E-state index in [0.717, 1.165) is 5.56 Å². The average molecular weight is 539 g/mol. The summed E-state index contributed by atoms with van der Waals surface area (Å²) >= 11 is 0. The van der Waals surface area contributed by atoms with E-state index in [-0.39, 0.29) is 35.5 Å². The third kappa shape index (κ3) is 8.97. The summed E-state index contributed by atoms with van der Waals surface area (Å²) in [5, 5.41) is 16.2. The summed E-state index contributed by atoms with van der Waals surface area (Å²) in [4.78, 5) is 4.45. The molecule has 0 heterocycles. The number of nitrogens with one attached hydrogen (secondary N) is 2. The minimum absolute atomic E-state index is 0. The second-order valence-corrected chi connectivity index (χ2v) is 6.09. The van der Waals surface area contributed by atoms with Gasteiger partial charge in [0.15, 0.2) is 12.6 Å². The lowest BCUT2D eigenvalue weighted by Gasteiger charge is -2.13. The van der Waals surface area contributed by atoms with Crippen LogP contribution in [0, 0.1) is 0 Å². The van der Waals surface area contributed by atoms with E-state index in [1.165, 1.54) is 12.1 Å². The van der Waals surface area contributed by atoms with Crippen LogP contribution in [0.25, 0.3) is 0 Å². The van der Waals surface area contributed by atoms with Gasteiger partial charge in [-0.25, -0.2) is 4.99 Å².